The molecule has 1 heterocycles. The van der Waals surface area contributed by atoms with E-state index in [-0.39, 0.29) is 11.9 Å². The second-order valence-corrected chi connectivity index (χ2v) is 8.75. The lowest BCUT2D eigenvalue weighted by atomic mass is 10.0. The predicted molar refractivity (Wildman–Crippen MR) is 133 cm³/mol. The third kappa shape index (κ3) is 5.25. The molecule has 0 aliphatic rings. The van der Waals surface area contributed by atoms with Gasteiger partial charge in [0.2, 0.25) is 0 Å². The lowest BCUT2D eigenvalue weighted by Crippen LogP contribution is -2.29. The summed E-state index contributed by atoms with van der Waals surface area (Å²) < 4.78 is 8.16. The van der Waals surface area contributed by atoms with Crippen molar-refractivity contribution in [2.75, 3.05) is 6.61 Å². The van der Waals surface area contributed by atoms with Crippen molar-refractivity contribution in [3.05, 3.63) is 95.3 Å². The molecule has 5 nitrogen and oxygen atoms in total. The van der Waals surface area contributed by atoms with E-state index >= 15 is 0 Å². The quantitative estimate of drug-likeness (QED) is 0.363. The molecule has 170 valence electrons. The van der Waals surface area contributed by atoms with Gasteiger partial charge in [0.1, 0.15) is 18.2 Å². The van der Waals surface area contributed by atoms with E-state index < -0.39 is 0 Å². The number of fused-ring (bicyclic) bond motifs is 1. The second-order valence-electron chi connectivity index (χ2n) is 8.75. The minimum absolute atomic E-state index is 0.105. The highest BCUT2D eigenvalue weighted by atomic mass is 16.5. The van der Waals surface area contributed by atoms with Gasteiger partial charge in [-0.05, 0) is 61.7 Å². The molecule has 5 heteroatoms. The normalized spacial score (nSPS) is 12.2. The number of carbonyl (C=O) groups is 1. The minimum Gasteiger partial charge on any atom is -0.492 e. The Morgan fingerprint density at radius 1 is 1.00 bits per heavy atom. The highest BCUT2D eigenvalue weighted by molar-refractivity contribution is 5.94. The molecule has 33 heavy (non-hydrogen) atoms. The van der Waals surface area contributed by atoms with E-state index in [9.17, 15) is 4.79 Å². The summed E-state index contributed by atoms with van der Waals surface area (Å²) in [6, 6.07) is 23.6. The lowest BCUT2D eigenvalue weighted by molar-refractivity contribution is 0.0937. The number of nitrogens with one attached hydrogen (secondary N) is 1. The monoisotopic (exact) mass is 441 g/mol. The molecule has 1 atom stereocenters. The van der Waals surface area contributed by atoms with Crippen LogP contribution < -0.4 is 10.1 Å². The summed E-state index contributed by atoms with van der Waals surface area (Å²) >= 11 is 0. The first kappa shape index (κ1) is 22.6. The number of aromatic nitrogens is 2. The number of ether oxygens (including phenoxy) is 1. The first-order valence-corrected chi connectivity index (χ1v) is 11.5. The van der Waals surface area contributed by atoms with Gasteiger partial charge in [-0.25, -0.2) is 4.98 Å². The first-order chi connectivity index (χ1) is 15.9. The summed E-state index contributed by atoms with van der Waals surface area (Å²) in [4.78, 5) is 17.6. The van der Waals surface area contributed by atoms with E-state index in [1.807, 2.05) is 68.4 Å². The van der Waals surface area contributed by atoms with Crippen LogP contribution in [0.4, 0.5) is 0 Å². The van der Waals surface area contributed by atoms with Crippen molar-refractivity contribution in [2.45, 2.75) is 46.2 Å². The minimum atomic E-state index is -0.254. The highest BCUT2D eigenvalue weighted by Crippen LogP contribution is 2.22. The second kappa shape index (κ2) is 9.90. The Kier molecular flexibility index (Phi) is 6.78. The number of hydrogen-bond donors (Lipinski definition) is 1. The maximum atomic E-state index is 12.8. The smallest absolute Gasteiger partial charge is 0.251 e. The van der Waals surface area contributed by atoms with Gasteiger partial charge in [0.05, 0.1) is 23.6 Å². The third-order valence-corrected chi connectivity index (χ3v) is 5.83. The van der Waals surface area contributed by atoms with Gasteiger partial charge in [-0.1, -0.05) is 55.8 Å². The standard InChI is InChI=1S/C28H31N3O2/c1-19(2)22-12-14-24(15-13-22)33-17-16-31-26-11-6-5-10-25(26)30-27(31)21(4)29-28(32)23-9-7-8-20(3)18-23/h5-15,18-19,21H,16-17H2,1-4H3,(H,29,32). The fraction of sp³-hybridized carbons (Fsp3) is 0.286. The Labute approximate surface area is 195 Å². The molecule has 4 aromatic rings. The number of benzene rings is 3. The molecule has 0 saturated heterocycles. The van der Waals surface area contributed by atoms with Gasteiger partial charge in [-0.2, -0.15) is 0 Å². The van der Waals surface area contributed by atoms with Gasteiger partial charge >= 0.3 is 0 Å². The van der Waals surface area contributed by atoms with Crippen LogP contribution in [0.5, 0.6) is 5.75 Å². The van der Waals surface area contributed by atoms with Gasteiger partial charge in [-0.3, -0.25) is 4.79 Å². The molecule has 4 rings (SSSR count). The number of amides is 1. The zero-order chi connectivity index (χ0) is 23.4. The van der Waals surface area contributed by atoms with Crippen molar-refractivity contribution in [1.82, 2.24) is 14.9 Å². The number of nitrogens with zero attached hydrogens (tertiary/aromatic N) is 2. The maximum absolute atomic E-state index is 12.8. The molecule has 1 amide bonds. The number of para-hydroxylation sites is 2. The fourth-order valence-electron chi connectivity index (χ4n) is 3.99. The van der Waals surface area contributed by atoms with Crippen molar-refractivity contribution in [1.29, 1.82) is 0 Å². The molecule has 0 aliphatic carbocycles. The predicted octanol–water partition coefficient (Wildman–Crippen LogP) is 6.04. The van der Waals surface area contributed by atoms with Gasteiger partial charge in [-0.15, -0.1) is 0 Å². The van der Waals surface area contributed by atoms with Gasteiger partial charge < -0.3 is 14.6 Å². The third-order valence-electron chi connectivity index (χ3n) is 5.83. The average Bonchev–Trinajstić information content (AvgIpc) is 3.18. The first-order valence-electron chi connectivity index (χ1n) is 11.5. The van der Waals surface area contributed by atoms with Crippen molar-refractivity contribution in [2.24, 2.45) is 0 Å². The summed E-state index contributed by atoms with van der Waals surface area (Å²) in [5, 5.41) is 3.10. The van der Waals surface area contributed by atoms with E-state index in [1.54, 1.807) is 0 Å². The number of imidazole rings is 1. The molecule has 0 spiro atoms. The Hall–Kier alpha value is -3.60. The van der Waals surface area contributed by atoms with Crippen LogP contribution in [0.1, 0.15) is 60.0 Å². The number of hydrogen-bond acceptors (Lipinski definition) is 3. The lowest BCUT2D eigenvalue weighted by Gasteiger charge is -2.17. The summed E-state index contributed by atoms with van der Waals surface area (Å²) in [6.45, 7) is 9.45. The van der Waals surface area contributed by atoms with E-state index in [4.69, 9.17) is 9.72 Å². The number of carbonyl (C=O) groups excluding carboxylic acids is 1. The van der Waals surface area contributed by atoms with E-state index in [0.717, 1.165) is 28.2 Å². The zero-order valence-electron chi connectivity index (χ0n) is 19.7. The van der Waals surface area contributed by atoms with Gasteiger partial charge in [0.25, 0.3) is 5.91 Å². The average molecular weight is 442 g/mol. The van der Waals surface area contributed by atoms with Crippen LogP contribution in [0, 0.1) is 6.92 Å². The summed E-state index contributed by atoms with van der Waals surface area (Å²) in [7, 11) is 0. The molecule has 3 aromatic carbocycles. The summed E-state index contributed by atoms with van der Waals surface area (Å²) in [5.41, 5.74) is 4.94. The Morgan fingerprint density at radius 2 is 1.76 bits per heavy atom. The van der Waals surface area contributed by atoms with Crippen LogP contribution in [0.25, 0.3) is 11.0 Å². The van der Waals surface area contributed by atoms with Crippen LogP contribution in [-0.2, 0) is 6.54 Å². The summed E-state index contributed by atoms with van der Waals surface area (Å²) in [6.07, 6.45) is 0. The topological polar surface area (TPSA) is 56.2 Å². The van der Waals surface area contributed by atoms with Gasteiger partial charge in [0, 0.05) is 5.56 Å². The van der Waals surface area contributed by atoms with Crippen molar-refractivity contribution < 1.29 is 9.53 Å². The molecular weight excluding hydrogens is 410 g/mol. The molecule has 0 radical (unpaired) electrons. The number of rotatable bonds is 8. The van der Waals surface area contributed by atoms with Crippen molar-refractivity contribution >= 4 is 16.9 Å². The molecule has 0 fully saturated rings. The molecule has 1 N–H and O–H groups in total. The molecule has 0 saturated carbocycles. The molecule has 1 aromatic heterocycles. The maximum Gasteiger partial charge on any atom is 0.251 e. The largest absolute Gasteiger partial charge is 0.492 e. The molecule has 0 aliphatic heterocycles. The molecule has 0 bridgehead atoms. The van der Waals surface area contributed by atoms with Crippen LogP contribution in [-0.4, -0.2) is 22.1 Å². The Balaban J connectivity index is 1.50. The van der Waals surface area contributed by atoms with Crippen LogP contribution in [0.3, 0.4) is 0 Å². The Morgan fingerprint density at radius 3 is 2.48 bits per heavy atom. The van der Waals surface area contributed by atoms with Gasteiger partial charge in [0.15, 0.2) is 0 Å². The van der Waals surface area contributed by atoms with E-state index in [1.165, 1.54) is 5.56 Å². The van der Waals surface area contributed by atoms with Crippen LogP contribution in [0.15, 0.2) is 72.8 Å². The van der Waals surface area contributed by atoms with E-state index in [0.29, 0.717) is 24.6 Å². The Bertz CT molecular complexity index is 1240. The number of aryl methyl sites for hydroxylation is 1. The highest BCUT2D eigenvalue weighted by Gasteiger charge is 2.19. The van der Waals surface area contributed by atoms with E-state index in [2.05, 4.69) is 41.9 Å². The zero-order valence-corrected chi connectivity index (χ0v) is 19.7. The van der Waals surface area contributed by atoms with Crippen molar-refractivity contribution in [3.8, 4) is 5.75 Å². The molecule has 1 unspecified atom stereocenters. The SMILES string of the molecule is Cc1cccc(C(=O)NC(C)c2nc3ccccc3n2CCOc2ccc(C(C)C)cc2)c1. The summed E-state index contributed by atoms with van der Waals surface area (Å²) in [5.74, 6) is 2.06. The fourth-order valence-corrected chi connectivity index (χ4v) is 3.99. The van der Waals surface area contributed by atoms with Crippen molar-refractivity contribution in [3.63, 3.8) is 0 Å². The van der Waals surface area contributed by atoms with Crippen LogP contribution in [0.2, 0.25) is 0 Å². The van der Waals surface area contributed by atoms with Crippen LogP contribution >= 0.6 is 0 Å². The molecular formula is C28H31N3O2.